The van der Waals surface area contributed by atoms with Crippen molar-refractivity contribution in [3.63, 3.8) is 0 Å². The van der Waals surface area contributed by atoms with Gasteiger partial charge in [-0.2, -0.15) is 0 Å². The van der Waals surface area contributed by atoms with E-state index < -0.39 is 0 Å². The standard InChI is InChI=1S/C16H32N2O/c1-3-4-5-6-7-8-9-10-11-18-16(19)15-13-17-12-14(15)2/h14-15,17H,3-13H2,1-2H3,(H,18,19). The fraction of sp³-hybridized carbons (Fsp3) is 0.938. The Morgan fingerprint density at radius 1 is 1.05 bits per heavy atom. The smallest absolute Gasteiger partial charge is 0.224 e. The van der Waals surface area contributed by atoms with Crippen molar-refractivity contribution in [2.24, 2.45) is 11.8 Å². The van der Waals surface area contributed by atoms with Crippen molar-refractivity contribution in [3.8, 4) is 0 Å². The van der Waals surface area contributed by atoms with Crippen molar-refractivity contribution in [2.45, 2.75) is 65.2 Å². The van der Waals surface area contributed by atoms with E-state index in [0.29, 0.717) is 5.92 Å². The second kappa shape index (κ2) is 10.2. The Morgan fingerprint density at radius 2 is 1.68 bits per heavy atom. The van der Waals surface area contributed by atoms with Crippen LogP contribution in [0.4, 0.5) is 0 Å². The van der Waals surface area contributed by atoms with Crippen molar-refractivity contribution in [2.75, 3.05) is 19.6 Å². The second-order valence-electron chi connectivity index (χ2n) is 6.01. The third-order valence-electron chi connectivity index (χ3n) is 4.18. The molecule has 0 aliphatic carbocycles. The highest BCUT2D eigenvalue weighted by Gasteiger charge is 2.28. The van der Waals surface area contributed by atoms with Crippen molar-refractivity contribution in [1.29, 1.82) is 0 Å². The largest absolute Gasteiger partial charge is 0.356 e. The summed E-state index contributed by atoms with van der Waals surface area (Å²) in [4.78, 5) is 11.9. The van der Waals surface area contributed by atoms with Gasteiger partial charge in [-0.15, -0.1) is 0 Å². The van der Waals surface area contributed by atoms with E-state index in [1.165, 1.54) is 44.9 Å². The van der Waals surface area contributed by atoms with E-state index in [4.69, 9.17) is 0 Å². The van der Waals surface area contributed by atoms with Crippen LogP contribution in [-0.4, -0.2) is 25.5 Å². The maximum absolute atomic E-state index is 11.9. The van der Waals surface area contributed by atoms with Crippen LogP contribution >= 0.6 is 0 Å². The number of nitrogens with one attached hydrogen (secondary N) is 2. The molecule has 1 aliphatic rings. The first-order valence-electron chi connectivity index (χ1n) is 8.24. The summed E-state index contributed by atoms with van der Waals surface area (Å²) in [6.07, 6.45) is 10.5. The molecule has 2 atom stereocenters. The molecule has 1 aliphatic heterocycles. The Hall–Kier alpha value is -0.570. The van der Waals surface area contributed by atoms with Gasteiger partial charge in [0, 0.05) is 13.1 Å². The maximum atomic E-state index is 11.9. The third-order valence-corrected chi connectivity index (χ3v) is 4.18. The summed E-state index contributed by atoms with van der Waals surface area (Å²) in [6.45, 7) is 7.10. The van der Waals surface area contributed by atoms with Crippen LogP contribution in [0.2, 0.25) is 0 Å². The van der Waals surface area contributed by atoms with Gasteiger partial charge in [0.2, 0.25) is 5.91 Å². The summed E-state index contributed by atoms with van der Waals surface area (Å²) >= 11 is 0. The molecule has 0 aromatic carbocycles. The molecule has 0 radical (unpaired) electrons. The third kappa shape index (κ3) is 6.95. The first-order chi connectivity index (χ1) is 9.25. The number of rotatable bonds is 10. The molecule has 2 unspecified atom stereocenters. The van der Waals surface area contributed by atoms with E-state index in [0.717, 1.165) is 26.1 Å². The molecule has 19 heavy (non-hydrogen) atoms. The van der Waals surface area contributed by atoms with Crippen LogP contribution < -0.4 is 10.6 Å². The van der Waals surface area contributed by atoms with Crippen molar-refractivity contribution < 1.29 is 4.79 Å². The van der Waals surface area contributed by atoms with Gasteiger partial charge in [0.1, 0.15) is 0 Å². The lowest BCUT2D eigenvalue weighted by atomic mass is 9.97. The van der Waals surface area contributed by atoms with Crippen LogP contribution in [0.3, 0.4) is 0 Å². The average molecular weight is 268 g/mol. The highest BCUT2D eigenvalue weighted by atomic mass is 16.1. The van der Waals surface area contributed by atoms with E-state index in [1.54, 1.807) is 0 Å². The number of hydrogen-bond donors (Lipinski definition) is 2. The normalized spacial score (nSPS) is 22.6. The van der Waals surface area contributed by atoms with Crippen LogP contribution in [0.15, 0.2) is 0 Å². The zero-order valence-corrected chi connectivity index (χ0v) is 12.8. The molecule has 1 amide bonds. The Labute approximate surface area is 118 Å². The monoisotopic (exact) mass is 268 g/mol. The van der Waals surface area contributed by atoms with Crippen molar-refractivity contribution >= 4 is 5.91 Å². The Kier molecular flexibility index (Phi) is 8.89. The topological polar surface area (TPSA) is 41.1 Å². The molecule has 1 heterocycles. The van der Waals surface area contributed by atoms with E-state index in [1.807, 2.05) is 0 Å². The summed E-state index contributed by atoms with van der Waals surface area (Å²) in [5, 5.41) is 6.36. The summed E-state index contributed by atoms with van der Waals surface area (Å²) in [6, 6.07) is 0. The van der Waals surface area contributed by atoms with Crippen LogP contribution in [0.5, 0.6) is 0 Å². The van der Waals surface area contributed by atoms with Gasteiger partial charge in [-0.3, -0.25) is 4.79 Å². The van der Waals surface area contributed by atoms with Crippen LogP contribution in [0.1, 0.15) is 65.2 Å². The van der Waals surface area contributed by atoms with Crippen molar-refractivity contribution in [1.82, 2.24) is 10.6 Å². The first-order valence-corrected chi connectivity index (χ1v) is 8.24. The molecule has 0 bridgehead atoms. The summed E-state index contributed by atoms with van der Waals surface area (Å²) < 4.78 is 0. The number of amides is 1. The lowest BCUT2D eigenvalue weighted by Crippen LogP contribution is -2.34. The first kappa shape index (κ1) is 16.5. The van der Waals surface area contributed by atoms with Gasteiger partial charge in [-0.25, -0.2) is 0 Å². The minimum absolute atomic E-state index is 0.189. The fourth-order valence-electron chi connectivity index (χ4n) is 2.76. The summed E-state index contributed by atoms with van der Waals surface area (Å²) in [5.74, 6) is 0.924. The average Bonchev–Trinajstić information content (AvgIpc) is 2.83. The Morgan fingerprint density at radius 3 is 2.26 bits per heavy atom. The van der Waals surface area contributed by atoms with Gasteiger partial charge < -0.3 is 10.6 Å². The number of carbonyl (C=O) groups excluding carboxylic acids is 1. The molecular weight excluding hydrogens is 236 g/mol. The number of hydrogen-bond acceptors (Lipinski definition) is 2. The molecular formula is C16H32N2O. The summed E-state index contributed by atoms with van der Waals surface area (Å²) in [5.41, 5.74) is 0. The quantitative estimate of drug-likeness (QED) is 0.598. The molecule has 0 spiro atoms. The molecule has 2 N–H and O–H groups in total. The Balaban J connectivity index is 1.89. The van der Waals surface area contributed by atoms with Crippen LogP contribution in [0, 0.1) is 11.8 Å². The van der Waals surface area contributed by atoms with Crippen molar-refractivity contribution in [3.05, 3.63) is 0 Å². The van der Waals surface area contributed by atoms with E-state index in [9.17, 15) is 4.79 Å². The second-order valence-corrected chi connectivity index (χ2v) is 6.01. The molecule has 112 valence electrons. The van der Waals surface area contributed by atoms with Gasteiger partial charge in [0.15, 0.2) is 0 Å². The van der Waals surface area contributed by atoms with Gasteiger partial charge in [-0.05, 0) is 18.9 Å². The molecule has 3 heteroatoms. The van der Waals surface area contributed by atoms with Gasteiger partial charge in [-0.1, -0.05) is 58.8 Å². The van der Waals surface area contributed by atoms with E-state index in [2.05, 4.69) is 24.5 Å². The predicted molar refractivity (Wildman–Crippen MR) is 81.1 cm³/mol. The van der Waals surface area contributed by atoms with Gasteiger partial charge in [0.05, 0.1) is 5.92 Å². The van der Waals surface area contributed by atoms with Gasteiger partial charge in [0.25, 0.3) is 0 Å². The highest BCUT2D eigenvalue weighted by molar-refractivity contribution is 5.79. The molecule has 0 saturated carbocycles. The van der Waals surface area contributed by atoms with Crippen LogP contribution in [0.25, 0.3) is 0 Å². The minimum Gasteiger partial charge on any atom is -0.356 e. The molecule has 3 nitrogen and oxygen atoms in total. The highest BCUT2D eigenvalue weighted by Crippen LogP contribution is 2.15. The zero-order valence-electron chi connectivity index (χ0n) is 12.8. The SMILES string of the molecule is CCCCCCCCCCNC(=O)C1CNCC1C. The lowest BCUT2D eigenvalue weighted by molar-refractivity contribution is -0.125. The molecule has 1 rings (SSSR count). The molecule has 1 fully saturated rings. The molecule has 1 saturated heterocycles. The fourth-order valence-corrected chi connectivity index (χ4v) is 2.76. The number of unbranched alkanes of at least 4 members (excludes halogenated alkanes) is 7. The maximum Gasteiger partial charge on any atom is 0.224 e. The van der Waals surface area contributed by atoms with Gasteiger partial charge >= 0.3 is 0 Å². The predicted octanol–water partition coefficient (Wildman–Crippen LogP) is 3.10. The zero-order chi connectivity index (χ0) is 13.9. The lowest BCUT2D eigenvalue weighted by Gasteiger charge is -2.14. The number of carbonyl (C=O) groups is 1. The minimum atomic E-state index is 0.189. The van der Waals surface area contributed by atoms with E-state index in [-0.39, 0.29) is 11.8 Å². The van der Waals surface area contributed by atoms with E-state index >= 15 is 0 Å². The Bertz CT molecular complexity index is 243. The van der Waals surface area contributed by atoms with Crippen LogP contribution in [-0.2, 0) is 4.79 Å². The molecule has 0 aromatic heterocycles. The summed E-state index contributed by atoms with van der Waals surface area (Å²) in [7, 11) is 0. The molecule has 0 aromatic rings.